The number of carbonyl (C=O) groups excluding carboxylic acids is 1. The number of pyridine rings is 1. The van der Waals surface area contributed by atoms with E-state index < -0.39 is 11.7 Å². The molecule has 0 unspecified atom stereocenters. The number of carbonyl (C=O) groups is 1. The fraction of sp³-hybridized carbons (Fsp3) is 0.306. The smallest absolute Gasteiger partial charge is 0.280 e. The lowest BCUT2D eigenvalue weighted by Gasteiger charge is -2.23. The van der Waals surface area contributed by atoms with Crippen LogP contribution in [0.1, 0.15) is 36.2 Å². The molecule has 2 aromatic heterocycles. The number of piperidine rings is 1. The highest BCUT2D eigenvalue weighted by Crippen LogP contribution is 2.38. The van der Waals surface area contributed by atoms with Crippen molar-refractivity contribution in [2.45, 2.75) is 25.7 Å². The molecule has 1 aliphatic carbocycles. The van der Waals surface area contributed by atoms with E-state index in [9.17, 15) is 9.18 Å². The number of benzene rings is 3. The highest BCUT2D eigenvalue weighted by molar-refractivity contribution is 6.04. The Morgan fingerprint density at radius 2 is 1.62 bits per heavy atom. The number of ether oxygens (including phenoxy) is 4. The van der Waals surface area contributed by atoms with Crippen molar-refractivity contribution in [3.8, 4) is 34.4 Å². The van der Waals surface area contributed by atoms with E-state index in [1.807, 2.05) is 0 Å². The maximum absolute atomic E-state index is 15.4. The number of methoxy groups -OCH3 is 1. The third kappa shape index (κ3) is 7.18. The van der Waals surface area contributed by atoms with Crippen molar-refractivity contribution < 1.29 is 32.5 Å². The van der Waals surface area contributed by atoms with Crippen LogP contribution in [0.25, 0.3) is 16.6 Å². The zero-order valence-electron chi connectivity index (χ0n) is 26.4. The SMILES string of the molecule is COc1cc2c(Oc3ccc(NC(=O)c4nn(-c5ccc(F)cc5)cc4OCC4CC4)cc3F)ccnc2cc1OCC1CCNCC1. The molecule has 2 N–H and O–H groups in total. The molecule has 0 radical (unpaired) electrons. The highest BCUT2D eigenvalue weighted by Gasteiger charge is 2.25. The van der Waals surface area contributed by atoms with Gasteiger partial charge in [0, 0.05) is 29.4 Å². The Hall–Kier alpha value is -5.23. The van der Waals surface area contributed by atoms with Gasteiger partial charge in [-0.15, -0.1) is 0 Å². The second-order valence-electron chi connectivity index (χ2n) is 12.1. The van der Waals surface area contributed by atoms with Crippen LogP contribution in [0.15, 0.2) is 73.1 Å². The molecule has 1 saturated carbocycles. The summed E-state index contributed by atoms with van der Waals surface area (Å²) in [5, 5.41) is 11.1. The molecule has 1 amide bonds. The van der Waals surface area contributed by atoms with Gasteiger partial charge < -0.3 is 29.6 Å². The van der Waals surface area contributed by atoms with Crippen molar-refractivity contribution in [2.75, 3.05) is 38.7 Å². The summed E-state index contributed by atoms with van der Waals surface area (Å²) in [5.41, 5.74) is 1.39. The molecule has 0 spiro atoms. The number of hydrogen-bond donors (Lipinski definition) is 2. The van der Waals surface area contributed by atoms with Gasteiger partial charge in [-0.25, -0.2) is 13.5 Å². The Morgan fingerprint density at radius 1 is 0.875 bits per heavy atom. The predicted molar refractivity (Wildman–Crippen MR) is 176 cm³/mol. The number of fused-ring (bicyclic) bond motifs is 1. The van der Waals surface area contributed by atoms with Gasteiger partial charge >= 0.3 is 0 Å². The van der Waals surface area contributed by atoms with Crippen molar-refractivity contribution in [3.63, 3.8) is 0 Å². The fourth-order valence-corrected chi connectivity index (χ4v) is 5.56. The van der Waals surface area contributed by atoms with Crippen LogP contribution in [0.4, 0.5) is 14.5 Å². The number of amides is 1. The molecule has 2 aliphatic rings. The lowest BCUT2D eigenvalue weighted by molar-refractivity contribution is 0.101. The number of hydrogen-bond acceptors (Lipinski definition) is 8. The lowest BCUT2D eigenvalue weighted by atomic mass is 9.99. The zero-order valence-corrected chi connectivity index (χ0v) is 26.4. The highest BCUT2D eigenvalue weighted by atomic mass is 19.1. The molecule has 1 saturated heterocycles. The minimum Gasteiger partial charge on any atom is -0.493 e. The van der Waals surface area contributed by atoms with Gasteiger partial charge in [0.2, 0.25) is 0 Å². The van der Waals surface area contributed by atoms with Crippen molar-refractivity contribution >= 4 is 22.5 Å². The second-order valence-corrected chi connectivity index (χ2v) is 12.1. The molecule has 0 bridgehead atoms. The summed E-state index contributed by atoms with van der Waals surface area (Å²) in [7, 11) is 1.57. The molecule has 10 nitrogen and oxygen atoms in total. The number of nitrogens with zero attached hydrogens (tertiary/aromatic N) is 3. The topological polar surface area (TPSA) is 109 Å². The molecule has 2 fully saturated rings. The summed E-state index contributed by atoms with van der Waals surface area (Å²) < 4.78 is 54.0. The van der Waals surface area contributed by atoms with E-state index in [0.29, 0.717) is 58.9 Å². The molecule has 1 aliphatic heterocycles. The maximum atomic E-state index is 15.4. The standard InChI is InChI=1S/C36H35F2N5O5/c1-45-32-17-27-29(18-33(32)46-21-23-10-13-39-14-11-23)40-15-12-30(27)48-31-9-6-25(16-28(31)38)41-36(44)35-34(47-20-22-2-3-22)19-43(42-35)26-7-4-24(37)5-8-26/h4-9,12,15-19,22-23,39H,2-3,10-11,13-14,20-21H2,1H3,(H,41,44). The van der Waals surface area contributed by atoms with E-state index in [2.05, 4.69) is 20.7 Å². The molecular weight excluding hydrogens is 620 g/mol. The van der Waals surface area contributed by atoms with E-state index in [0.717, 1.165) is 38.8 Å². The average Bonchev–Trinajstić information content (AvgIpc) is 3.84. The van der Waals surface area contributed by atoms with E-state index >= 15 is 4.39 Å². The molecule has 5 aromatic rings. The Labute approximate surface area is 276 Å². The van der Waals surface area contributed by atoms with E-state index in [-0.39, 0.29) is 28.7 Å². The Bertz CT molecular complexity index is 1920. The summed E-state index contributed by atoms with van der Waals surface area (Å²) in [6.07, 6.45) is 7.41. The molecular formula is C36H35F2N5O5. The molecule has 3 heterocycles. The van der Waals surface area contributed by atoms with Crippen LogP contribution in [0.2, 0.25) is 0 Å². The van der Waals surface area contributed by atoms with Gasteiger partial charge in [-0.1, -0.05) is 0 Å². The predicted octanol–water partition coefficient (Wildman–Crippen LogP) is 6.92. The molecule has 248 valence electrons. The first-order valence-corrected chi connectivity index (χ1v) is 16.0. The van der Waals surface area contributed by atoms with Crippen LogP contribution in [-0.2, 0) is 0 Å². The minimum atomic E-state index is -0.686. The van der Waals surface area contributed by atoms with Crippen molar-refractivity contribution in [1.29, 1.82) is 0 Å². The van der Waals surface area contributed by atoms with Gasteiger partial charge in [-0.3, -0.25) is 9.78 Å². The molecule has 3 aromatic carbocycles. The van der Waals surface area contributed by atoms with Crippen LogP contribution >= 0.6 is 0 Å². The van der Waals surface area contributed by atoms with E-state index in [1.165, 1.54) is 35.0 Å². The zero-order chi connectivity index (χ0) is 33.0. The van der Waals surface area contributed by atoms with Gasteiger partial charge in [0.25, 0.3) is 5.91 Å². The Kier molecular flexibility index (Phi) is 9.06. The summed E-state index contributed by atoms with van der Waals surface area (Å²) >= 11 is 0. The van der Waals surface area contributed by atoms with Crippen LogP contribution < -0.4 is 29.6 Å². The van der Waals surface area contributed by atoms with Gasteiger partial charge in [-0.2, -0.15) is 5.10 Å². The first-order valence-electron chi connectivity index (χ1n) is 16.0. The van der Waals surface area contributed by atoms with E-state index in [4.69, 9.17) is 18.9 Å². The van der Waals surface area contributed by atoms with Gasteiger partial charge in [0.15, 0.2) is 34.5 Å². The maximum Gasteiger partial charge on any atom is 0.280 e. The van der Waals surface area contributed by atoms with Crippen molar-refractivity contribution in [2.24, 2.45) is 11.8 Å². The molecule has 48 heavy (non-hydrogen) atoms. The number of halogens is 2. The largest absolute Gasteiger partial charge is 0.493 e. The Balaban J connectivity index is 1.07. The van der Waals surface area contributed by atoms with E-state index in [1.54, 1.807) is 49.8 Å². The number of anilines is 1. The number of aromatic nitrogens is 3. The third-order valence-corrected chi connectivity index (χ3v) is 8.49. The van der Waals surface area contributed by atoms with Crippen molar-refractivity contribution in [1.82, 2.24) is 20.1 Å². The fourth-order valence-electron chi connectivity index (χ4n) is 5.56. The lowest BCUT2D eigenvalue weighted by Crippen LogP contribution is -2.30. The van der Waals surface area contributed by atoms with Gasteiger partial charge in [-0.05, 0) is 99.1 Å². The van der Waals surface area contributed by atoms with Crippen LogP contribution in [0.3, 0.4) is 0 Å². The monoisotopic (exact) mass is 655 g/mol. The molecule has 12 heteroatoms. The van der Waals surface area contributed by atoms with Crippen molar-refractivity contribution in [3.05, 3.63) is 90.4 Å². The molecule has 7 rings (SSSR count). The quantitative estimate of drug-likeness (QED) is 0.149. The summed E-state index contributed by atoms with van der Waals surface area (Å²) in [4.78, 5) is 17.8. The minimum absolute atomic E-state index is 0.0250. The summed E-state index contributed by atoms with van der Waals surface area (Å²) in [6.45, 7) is 3.00. The third-order valence-electron chi connectivity index (χ3n) is 8.49. The molecule has 0 atom stereocenters. The normalized spacial score (nSPS) is 14.9. The van der Waals surface area contributed by atoms with Crippen LogP contribution in [0.5, 0.6) is 28.7 Å². The first-order chi connectivity index (χ1) is 23.4. The van der Waals surface area contributed by atoms with Gasteiger partial charge in [0.05, 0.1) is 37.7 Å². The van der Waals surface area contributed by atoms with Gasteiger partial charge in [0.1, 0.15) is 11.6 Å². The number of rotatable bonds is 12. The number of nitrogens with one attached hydrogen (secondary N) is 2. The summed E-state index contributed by atoms with van der Waals surface area (Å²) in [6, 6.07) is 15.1. The summed E-state index contributed by atoms with van der Waals surface area (Å²) in [5.74, 6) is 0.974. The first kappa shape index (κ1) is 31.4. The second kappa shape index (κ2) is 13.9. The van der Waals surface area contributed by atoms with Crippen LogP contribution in [0, 0.1) is 23.5 Å². The van der Waals surface area contributed by atoms with Crippen LogP contribution in [-0.4, -0.2) is 54.1 Å². The average molecular weight is 656 g/mol. The Morgan fingerprint density at radius 3 is 2.35 bits per heavy atom.